The second-order valence-corrected chi connectivity index (χ2v) is 3.98. The number of alkyl halides is 6. The van der Waals surface area contributed by atoms with E-state index in [0.29, 0.717) is 0 Å². The highest BCUT2D eigenvalue weighted by Gasteiger charge is 2.61. The first-order chi connectivity index (χ1) is 7.79. The van der Waals surface area contributed by atoms with Gasteiger partial charge < -0.3 is 4.52 Å². The third-order valence-corrected chi connectivity index (χ3v) is 2.09. The predicted molar refractivity (Wildman–Crippen MR) is 43.1 cm³/mol. The molecule has 0 rings (SSSR count). The van der Waals surface area contributed by atoms with Crippen molar-refractivity contribution in [2.45, 2.75) is 18.5 Å². The number of carbonyl (C=O) groups is 1. The van der Waals surface area contributed by atoms with Gasteiger partial charge in [0.15, 0.2) is 0 Å². The van der Waals surface area contributed by atoms with Gasteiger partial charge in [-0.25, -0.2) is 9.36 Å². The van der Waals surface area contributed by atoms with Crippen LogP contribution in [0.3, 0.4) is 0 Å². The van der Waals surface area contributed by atoms with E-state index in [4.69, 9.17) is 4.89 Å². The summed E-state index contributed by atoms with van der Waals surface area (Å²) in [6.45, 7) is 2.71. The minimum atomic E-state index is -6.00. The third-order valence-electron chi connectivity index (χ3n) is 1.21. The van der Waals surface area contributed by atoms with Crippen LogP contribution in [0.2, 0.25) is 0 Å². The summed E-state index contributed by atoms with van der Waals surface area (Å²) < 4.78 is 88.5. The van der Waals surface area contributed by atoms with Crippen molar-refractivity contribution in [1.82, 2.24) is 0 Å². The van der Waals surface area contributed by atoms with Gasteiger partial charge in [-0.1, -0.05) is 6.58 Å². The molecule has 1 N–H and O–H groups in total. The summed E-state index contributed by atoms with van der Waals surface area (Å²) in [5, 5.41) is 0. The van der Waals surface area contributed by atoms with E-state index in [0.717, 1.165) is 0 Å². The number of rotatable bonds is 4. The van der Waals surface area contributed by atoms with Gasteiger partial charge in [0.05, 0.1) is 0 Å². The first-order valence-corrected chi connectivity index (χ1v) is 5.30. The SMILES string of the molecule is C=CC(=O)OP(=O)(O)OC(C(F)(F)F)C(F)(F)F. The summed E-state index contributed by atoms with van der Waals surface area (Å²) in [4.78, 5) is 18.9. The van der Waals surface area contributed by atoms with Crippen LogP contribution in [0.25, 0.3) is 0 Å². The number of phosphoric ester groups is 1. The third kappa shape index (κ3) is 5.52. The molecule has 0 aromatic carbocycles. The molecule has 1 atom stereocenters. The van der Waals surface area contributed by atoms with E-state index in [-0.39, 0.29) is 6.08 Å². The molecule has 0 saturated heterocycles. The van der Waals surface area contributed by atoms with E-state index in [1.165, 1.54) is 0 Å². The highest BCUT2D eigenvalue weighted by molar-refractivity contribution is 7.48. The number of hydrogen-bond acceptors (Lipinski definition) is 4. The lowest BCUT2D eigenvalue weighted by Crippen LogP contribution is -2.43. The fourth-order valence-corrected chi connectivity index (χ4v) is 1.46. The molecule has 0 aliphatic rings. The van der Waals surface area contributed by atoms with Gasteiger partial charge in [-0.15, -0.1) is 0 Å². The summed E-state index contributed by atoms with van der Waals surface area (Å²) in [5.74, 6) is -1.72. The van der Waals surface area contributed by atoms with Crippen molar-refractivity contribution in [3.05, 3.63) is 12.7 Å². The summed E-state index contributed by atoms with van der Waals surface area (Å²) in [6.07, 6.45) is -16.3. The molecule has 18 heavy (non-hydrogen) atoms. The maximum Gasteiger partial charge on any atom is 0.530 e. The molecular formula is C6H5F6O5P. The molecular weight excluding hydrogens is 297 g/mol. The van der Waals surface area contributed by atoms with E-state index in [2.05, 4.69) is 15.6 Å². The normalized spacial score (nSPS) is 16.2. The zero-order chi connectivity index (χ0) is 14.8. The van der Waals surface area contributed by atoms with E-state index in [1.807, 2.05) is 0 Å². The fraction of sp³-hybridized carbons (Fsp3) is 0.500. The van der Waals surface area contributed by atoms with Gasteiger partial charge >= 0.3 is 26.1 Å². The van der Waals surface area contributed by atoms with Crippen LogP contribution in [-0.4, -0.2) is 29.3 Å². The van der Waals surface area contributed by atoms with E-state index < -0.39 is 32.2 Å². The van der Waals surface area contributed by atoms with Gasteiger partial charge in [0, 0.05) is 6.08 Å². The zero-order valence-electron chi connectivity index (χ0n) is 8.16. The van der Waals surface area contributed by atoms with Crippen molar-refractivity contribution in [3.8, 4) is 0 Å². The van der Waals surface area contributed by atoms with Gasteiger partial charge in [0.2, 0.25) is 0 Å². The van der Waals surface area contributed by atoms with Crippen molar-refractivity contribution in [2.24, 2.45) is 0 Å². The lowest BCUT2D eigenvalue weighted by molar-refractivity contribution is -0.303. The standard InChI is InChI=1S/C6H5F6O5P/c1-2-3(13)16-18(14,15)17-4(5(7,8)9)6(10,11)12/h2,4H,1H2,(H,14,15). The van der Waals surface area contributed by atoms with Crippen LogP contribution >= 0.6 is 7.82 Å². The van der Waals surface area contributed by atoms with Crippen LogP contribution in [0.15, 0.2) is 12.7 Å². The van der Waals surface area contributed by atoms with Crippen molar-refractivity contribution < 1.29 is 49.6 Å². The maximum absolute atomic E-state index is 11.9. The molecule has 0 aliphatic heterocycles. The maximum atomic E-state index is 11.9. The van der Waals surface area contributed by atoms with Crippen LogP contribution < -0.4 is 0 Å². The van der Waals surface area contributed by atoms with Gasteiger partial charge in [-0.2, -0.15) is 26.3 Å². The van der Waals surface area contributed by atoms with Gasteiger partial charge in [-0.3, -0.25) is 9.42 Å². The average molecular weight is 302 g/mol. The second-order valence-electron chi connectivity index (χ2n) is 2.65. The lowest BCUT2D eigenvalue weighted by atomic mass is 10.3. The highest BCUT2D eigenvalue weighted by Crippen LogP contribution is 2.50. The molecule has 0 aliphatic carbocycles. The summed E-state index contributed by atoms with van der Waals surface area (Å²) in [5.41, 5.74) is 0. The molecule has 5 nitrogen and oxygen atoms in total. The van der Waals surface area contributed by atoms with Crippen molar-refractivity contribution in [2.75, 3.05) is 0 Å². The molecule has 0 aromatic rings. The van der Waals surface area contributed by atoms with Gasteiger partial charge in [0.25, 0.3) is 6.10 Å². The van der Waals surface area contributed by atoms with Crippen molar-refractivity contribution >= 4 is 13.8 Å². The van der Waals surface area contributed by atoms with Crippen LogP contribution in [0.4, 0.5) is 26.3 Å². The highest BCUT2D eigenvalue weighted by atomic mass is 31.2. The van der Waals surface area contributed by atoms with Crippen molar-refractivity contribution in [3.63, 3.8) is 0 Å². The molecule has 1 unspecified atom stereocenters. The van der Waals surface area contributed by atoms with Gasteiger partial charge in [-0.05, 0) is 0 Å². The topological polar surface area (TPSA) is 72.8 Å². The van der Waals surface area contributed by atoms with E-state index in [1.54, 1.807) is 0 Å². The Morgan fingerprint density at radius 2 is 1.61 bits per heavy atom. The Morgan fingerprint density at radius 1 is 1.22 bits per heavy atom. The molecule has 0 bridgehead atoms. The van der Waals surface area contributed by atoms with Crippen LogP contribution in [0.5, 0.6) is 0 Å². The Bertz CT molecular complexity index is 360. The average Bonchev–Trinajstić information content (AvgIpc) is 2.10. The van der Waals surface area contributed by atoms with Gasteiger partial charge in [0.1, 0.15) is 0 Å². The Morgan fingerprint density at radius 3 is 1.89 bits per heavy atom. The predicted octanol–water partition coefficient (Wildman–Crippen LogP) is 2.33. The fourth-order valence-electron chi connectivity index (χ4n) is 0.611. The molecule has 0 heterocycles. The van der Waals surface area contributed by atoms with E-state index in [9.17, 15) is 35.7 Å². The molecule has 0 amide bonds. The molecule has 0 radical (unpaired) electrons. The number of phosphoric acid groups is 1. The minimum absolute atomic E-state index is 0.252. The molecule has 0 saturated carbocycles. The quantitative estimate of drug-likeness (QED) is 0.490. The number of hydrogen-bond donors (Lipinski definition) is 1. The number of carbonyl (C=O) groups excluding carboxylic acids is 1. The van der Waals surface area contributed by atoms with Crippen LogP contribution in [-0.2, 0) is 18.4 Å². The molecule has 0 fully saturated rings. The second kappa shape index (κ2) is 5.29. The largest absolute Gasteiger partial charge is 0.530 e. The molecule has 12 heteroatoms. The first kappa shape index (κ1) is 16.9. The summed E-state index contributed by atoms with van der Waals surface area (Å²) >= 11 is 0. The Hall–Kier alpha value is -1.06. The Balaban J connectivity index is 5.06. The zero-order valence-corrected chi connectivity index (χ0v) is 9.05. The smallest absolute Gasteiger partial charge is 0.367 e. The number of halogens is 6. The van der Waals surface area contributed by atoms with E-state index >= 15 is 0 Å². The summed E-state index contributed by atoms with van der Waals surface area (Å²) in [6, 6.07) is 0. The van der Waals surface area contributed by atoms with Crippen LogP contribution in [0, 0.1) is 0 Å². The molecule has 0 aromatic heterocycles. The minimum Gasteiger partial charge on any atom is -0.367 e. The molecule has 106 valence electrons. The van der Waals surface area contributed by atoms with Crippen molar-refractivity contribution in [1.29, 1.82) is 0 Å². The monoisotopic (exact) mass is 302 g/mol. The first-order valence-electron chi connectivity index (χ1n) is 3.80. The Kier molecular flexibility index (Phi) is 4.98. The summed E-state index contributed by atoms with van der Waals surface area (Å²) in [7, 11) is -5.88. The molecule has 0 spiro atoms. The van der Waals surface area contributed by atoms with Crippen LogP contribution in [0.1, 0.15) is 0 Å². The lowest BCUT2D eigenvalue weighted by Gasteiger charge is -2.24. The Labute approximate surface area is 95.6 Å².